The van der Waals surface area contributed by atoms with E-state index < -0.39 is 18.0 Å². The van der Waals surface area contributed by atoms with Crippen LogP contribution in [0.1, 0.15) is 35.9 Å². The molecule has 0 aliphatic heterocycles. The van der Waals surface area contributed by atoms with Gasteiger partial charge in [-0.15, -0.1) is 11.3 Å². The van der Waals surface area contributed by atoms with Gasteiger partial charge in [0.1, 0.15) is 5.75 Å². The van der Waals surface area contributed by atoms with Crippen LogP contribution in [0.4, 0.5) is 24.0 Å². The first-order chi connectivity index (χ1) is 17.7. The number of hydrogen-bond acceptors (Lipinski definition) is 7. The number of rotatable bonds is 8. The minimum absolute atomic E-state index is 0. The summed E-state index contributed by atoms with van der Waals surface area (Å²) in [5, 5.41) is 15.6. The normalized spacial score (nSPS) is 13.5. The molecule has 194 valence electrons. The van der Waals surface area contributed by atoms with Crippen LogP contribution in [0.25, 0.3) is 16.4 Å². The van der Waals surface area contributed by atoms with E-state index in [1.807, 2.05) is 0 Å². The summed E-state index contributed by atoms with van der Waals surface area (Å²) >= 11 is 1.30. The van der Waals surface area contributed by atoms with Gasteiger partial charge in [0, 0.05) is 36.7 Å². The number of benzene rings is 1. The molecule has 12 heteroatoms. The summed E-state index contributed by atoms with van der Waals surface area (Å²) in [7, 11) is 3.08. The molecule has 2 heterocycles. The number of pyridine rings is 1. The van der Waals surface area contributed by atoms with E-state index in [-0.39, 0.29) is 75.0 Å². The van der Waals surface area contributed by atoms with Gasteiger partial charge in [0.25, 0.3) is 0 Å². The molecule has 1 saturated carbocycles. The first-order valence-corrected chi connectivity index (χ1v) is 12.3. The van der Waals surface area contributed by atoms with Crippen LogP contribution < -0.4 is 61.4 Å². The van der Waals surface area contributed by atoms with Gasteiger partial charge < -0.3 is 19.8 Å². The Kier molecular flexibility index (Phi) is 10.8. The van der Waals surface area contributed by atoms with Gasteiger partial charge in [-0.1, -0.05) is 18.0 Å². The molecule has 2 N–H and O–H groups in total. The van der Waals surface area contributed by atoms with Crippen LogP contribution in [0.2, 0.25) is 0 Å². The van der Waals surface area contributed by atoms with E-state index in [2.05, 4.69) is 32.4 Å². The number of likely N-dealkylation sites (N-methyl/N-ethyl adjacent to an activating group) is 1. The molecule has 7 nitrogen and oxygen atoms in total. The molecule has 2 aromatic heterocycles. The second kappa shape index (κ2) is 13.4. The molecular weight excluding hydrogens is 542 g/mol. The first-order valence-electron chi connectivity index (χ1n) is 11.5. The van der Waals surface area contributed by atoms with E-state index in [0.29, 0.717) is 28.0 Å². The van der Waals surface area contributed by atoms with Crippen molar-refractivity contribution in [1.29, 1.82) is 5.41 Å². The van der Waals surface area contributed by atoms with Crippen molar-refractivity contribution in [3.63, 3.8) is 0 Å². The monoisotopic (exact) mass is 567 g/mol. The largest absolute Gasteiger partial charge is 1.00 e. The van der Waals surface area contributed by atoms with E-state index in [9.17, 15) is 13.2 Å². The standard InChI is InChI=1S/C26H25F3N5O2S.K/c1-15(30)36-24(31-2)12-18-11-20(21-10-17(26(27,28)29)7-9-23(21)35-3)22(14-32-18)34-25-33-13-19(37-25)8-6-16-4-5-16;/h7,9-11,13-14,16,24,30-31H,4-5,12H2,1-3H3;/q-1;+1. The fourth-order valence-corrected chi connectivity index (χ4v) is 4.15. The van der Waals surface area contributed by atoms with Crippen LogP contribution in [0.15, 0.2) is 36.7 Å². The Morgan fingerprint density at radius 2 is 2.00 bits per heavy atom. The number of methoxy groups -OCH3 is 1. The molecule has 1 unspecified atom stereocenters. The van der Waals surface area contributed by atoms with Gasteiger partial charge >= 0.3 is 57.6 Å². The number of hydrogen-bond donors (Lipinski definition) is 2. The third-order valence-corrected chi connectivity index (χ3v) is 6.29. The fraction of sp³-hybridized carbons (Fsp3) is 0.346. The first kappa shape index (κ1) is 30.6. The number of thiazole rings is 1. The van der Waals surface area contributed by atoms with Crippen LogP contribution in [0, 0.1) is 23.2 Å². The molecule has 1 fully saturated rings. The SMILES string of the molecule is CNC(Cc1cc(-c2cc(C(F)(F)F)ccc2OC)c([N-]c2ncc(C#CC3CC3)s2)cn1)OC(C)=N.[K+]. The number of aromatic nitrogens is 2. The summed E-state index contributed by atoms with van der Waals surface area (Å²) in [6.45, 7) is 1.51. The number of nitrogens with zero attached hydrogens (tertiary/aromatic N) is 3. The molecule has 38 heavy (non-hydrogen) atoms. The molecule has 0 spiro atoms. The smallest absolute Gasteiger partial charge is 0.496 e. The number of alkyl halides is 3. The van der Waals surface area contributed by atoms with Crippen molar-refractivity contribution >= 4 is 28.1 Å². The van der Waals surface area contributed by atoms with Crippen molar-refractivity contribution in [1.82, 2.24) is 15.3 Å². The van der Waals surface area contributed by atoms with Gasteiger partial charge in [-0.2, -0.15) is 13.2 Å². The van der Waals surface area contributed by atoms with Crippen molar-refractivity contribution in [2.45, 2.75) is 38.6 Å². The van der Waals surface area contributed by atoms with E-state index in [1.54, 1.807) is 19.3 Å². The van der Waals surface area contributed by atoms with Crippen LogP contribution in [0.5, 0.6) is 5.75 Å². The molecule has 0 bridgehead atoms. The minimum atomic E-state index is -4.54. The van der Waals surface area contributed by atoms with Crippen molar-refractivity contribution in [2.75, 3.05) is 14.2 Å². The van der Waals surface area contributed by atoms with Crippen LogP contribution in [-0.4, -0.2) is 36.3 Å². The molecule has 0 saturated heterocycles. The Morgan fingerprint density at radius 3 is 2.63 bits per heavy atom. The minimum Gasteiger partial charge on any atom is -0.496 e. The van der Waals surface area contributed by atoms with E-state index in [0.717, 1.165) is 29.9 Å². The van der Waals surface area contributed by atoms with E-state index >= 15 is 0 Å². The summed E-state index contributed by atoms with van der Waals surface area (Å²) in [5.41, 5.74) is 0.674. The van der Waals surface area contributed by atoms with Crippen LogP contribution in [-0.2, 0) is 17.3 Å². The van der Waals surface area contributed by atoms with Crippen molar-refractivity contribution in [2.24, 2.45) is 5.92 Å². The third kappa shape index (κ3) is 8.26. The molecule has 0 radical (unpaired) electrons. The van der Waals surface area contributed by atoms with Gasteiger partial charge in [-0.25, -0.2) is 0 Å². The quantitative estimate of drug-likeness (QED) is 0.143. The van der Waals surface area contributed by atoms with Crippen molar-refractivity contribution in [3.05, 3.63) is 58.1 Å². The summed E-state index contributed by atoms with van der Waals surface area (Å²) in [6.07, 6.45) is 0.537. The predicted molar refractivity (Wildman–Crippen MR) is 137 cm³/mol. The average Bonchev–Trinajstić information content (AvgIpc) is 3.59. The zero-order valence-electron chi connectivity index (χ0n) is 21.4. The molecule has 4 rings (SSSR count). The van der Waals surface area contributed by atoms with E-state index in [1.165, 1.54) is 37.6 Å². The van der Waals surface area contributed by atoms with Crippen LogP contribution in [0.3, 0.4) is 0 Å². The van der Waals surface area contributed by atoms with E-state index in [4.69, 9.17) is 14.9 Å². The summed E-state index contributed by atoms with van der Waals surface area (Å²) in [6, 6.07) is 4.96. The predicted octanol–water partition coefficient (Wildman–Crippen LogP) is 3.44. The molecule has 3 aromatic rings. The van der Waals surface area contributed by atoms with Gasteiger partial charge in [-0.05, 0) is 60.5 Å². The fourth-order valence-electron chi connectivity index (χ4n) is 3.49. The summed E-state index contributed by atoms with van der Waals surface area (Å²) in [5.74, 6) is 7.01. The van der Waals surface area contributed by atoms with Crippen molar-refractivity contribution in [3.8, 4) is 28.7 Å². The maximum Gasteiger partial charge on any atom is 1.00 e. The third-order valence-electron chi connectivity index (χ3n) is 5.48. The van der Waals surface area contributed by atoms with Crippen LogP contribution >= 0.6 is 11.3 Å². The number of ether oxygens (including phenoxy) is 2. The maximum absolute atomic E-state index is 13.6. The summed E-state index contributed by atoms with van der Waals surface area (Å²) < 4.78 is 51.6. The van der Waals surface area contributed by atoms with Gasteiger partial charge in [0.2, 0.25) is 0 Å². The maximum atomic E-state index is 13.6. The van der Waals surface area contributed by atoms with Gasteiger partial charge in [-0.3, -0.25) is 15.7 Å². The molecule has 1 atom stereocenters. The second-order valence-corrected chi connectivity index (χ2v) is 9.43. The zero-order chi connectivity index (χ0) is 26.6. The molecule has 1 aliphatic rings. The topological polar surface area (TPSA) is 94.2 Å². The molecular formula is C26H25F3KN5O2S. The molecule has 0 amide bonds. The van der Waals surface area contributed by atoms with Gasteiger partial charge in [0.05, 0.1) is 17.6 Å². The Morgan fingerprint density at radius 1 is 1.24 bits per heavy atom. The Labute approximate surface area is 265 Å². The second-order valence-electron chi connectivity index (χ2n) is 8.42. The van der Waals surface area contributed by atoms with Crippen molar-refractivity contribution < 1.29 is 74.0 Å². The Bertz CT molecular complexity index is 1350. The molecule has 1 aromatic carbocycles. The number of halogens is 3. The average molecular weight is 568 g/mol. The molecule has 1 aliphatic carbocycles. The summed E-state index contributed by atoms with van der Waals surface area (Å²) in [4.78, 5) is 9.54. The van der Waals surface area contributed by atoms with Gasteiger partial charge in [0.15, 0.2) is 12.1 Å². The Hall–Kier alpha value is -1.98. The zero-order valence-corrected chi connectivity index (χ0v) is 25.4. The Balaban J connectivity index is 0.00000400. The number of nitrogens with one attached hydrogen (secondary N) is 2.